The van der Waals surface area contributed by atoms with Crippen molar-refractivity contribution in [2.24, 2.45) is 0 Å². The Hall–Kier alpha value is -3.18. The van der Waals surface area contributed by atoms with Gasteiger partial charge in [0, 0.05) is 22.1 Å². The van der Waals surface area contributed by atoms with Crippen molar-refractivity contribution in [2.45, 2.75) is 25.5 Å². The lowest BCUT2D eigenvalue weighted by Crippen LogP contribution is -2.48. The highest BCUT2D eigenvalue weighted by atomic mass is 35.5. The third-order valence-electron chi connectivity index (χ3n) is 5.43. The zero-order valence-corrected chi connectivity index (χ0v) is 17.7. The van der Waals surface area contributed by atoms with Gasteiger partial charge in [-0.05, 0) is 48.0 Å². The molecule has 0 saturated carbocycles. The number of carbonyl (C=O) groups excluding carboxylic acids is 1. The van der Waals surface area contributed by atoms with Crippen LogP contribution in [0.5, 0.6) is 17.2 Å². The van der Waals surface area contributed by atoms with Crippen LogP contribution in [0.2, 0.25) is 5.02 Å². The lowest BCUT2D eigenvalue weighted by atomic mass is 9.85. The van der Waals surface area contributed by atoms with Gasteiger partial charge in [0.25, 0.3) is 5.91 Å². The Labute approximate surface area is 180 Å². The number of aromatic hydroxyl groups is 1. The van der Waals surface area contributed by atoms with Gasteiger partial charge < -0.3 is 14.6 Å². The molecule has 154 valence electrons. The van der Waals surface area contributed by atoms with Crippen molar-refractivity contribution in [3.63, 3.8) is 0 Å². The Kier molecular flexibility index (Phi) is 5.08. The molecule has 1 N–H and O–H groups in total. The van der Waals surface area contributed by atoms with Gasteiger partial charge >= 0.3 is 0 Å². The van der Waals surface area contributed by atoms with E-state index in [1.807, 2.05) is 38.1 Å². The van der Waals surface area contributed by atoms with Crippen molar-refractivity contribution in [3.8, 4) is 17.2 Å². The van der Waals surface area contributed by atoms with E-state index in [-0.39, 0.29) is 17.4 Å². The van der Waals surface area contributed by atoms with Crippen LogP contribution in [-0.4, -0.2) is 24.4 Å². The Balaban J connectivity index is 1.80. The second kappa shape index (κ2) is 7.58. The topological polar surface area (TPSA) is 59.0 Å². The molecule has 1 aliphatic rings. The minimum Gasteiger partial charge on any atom is -0.504 e. The average molecular weight is 424 g/mol. The molecule has 0 spiro atoms. The summed E-state index contributed by atoms with van der Waals surface area (Å²) in [5.41, 5.74) is 1.72. The Morgan fingerprint density at radius 2 is 1.77 bits per heavy atom. The van der Waals surface area contributed by atoms with Gasteiger partial charge in [0.2, 0.25) is 0 Å². The van der Waals surface area contributed by atoms with Crippen molar-refractivity contribution in [1.29, 1.82) is 0 Å². The Morgan fingerprint density at radius 3 is 2.47 bits per heavy atom. The molecule has 0 aromatic heterocycles. The largest absolute Gasteiger partial charge is 0.504 e. The van der Waals surface area contributed by atoms with E-state index in [2.05, 4.69) is 0 Å². The summed E-state index contributed by atoms with van der Waals surface area (Å²) in [5, 5.41) is 10.9. The zero-order valence-electron chi connectivity index (χ0n) is 16.9. The number of ether oxygens (including phenoxy) is 2. The van der Waals surface area contributed by atoms with Crippen LogP contribution in [0, 0.1) is 0 Å². The van der Waals surface area contributed by atoms with Crippen molar-refractivity contribution < 1.29 is 19.4 Å². The summed E-state index contributed by atoms with van der Waals surface area (Å²) in [7, 11) is 1.54. The molecule has 6 heteroatoms. The Bertz CT molecular complexity index is 1090. The van der Waals surface area contributed by atoms with Crippen LogP contribution in [0.1, 0.15) is 29.8 Å². The number of amides is 1. The number of anilines is 1. The quantitative estimate of drug-likeness (QED) is 0.610. The summed E-state index contributed by atoms with van der Waals surface area (Å²) in [5.74, 6) is 0.555. The maximum absolute atomic E-state index is 13.5. The highest BCUT2D eigenvalue weighted by Gasteiger charge is 2.49. The van der Waals surface area contributed by atoms with Crippen LogP contribution in [0.15, 0.2) is 66.7 Å². The summed E-state index contributed by atoms with van der Waals surface area (Å²) < 4.78 is 11.5. The van der Waals surface area contributed by atoms with Crippen molar-refractivity contribution in [3.05, 3.63) is 82.9 Å². The van der Waals surface area contributed by atoms with Gasteiger partial charge in [-0.15, -0.1) is 0 Å². The van der Waals surface area contributed by atoms with Crippen LogP contribution >= 0.6 is 11.6 Å². The predicted molar refractivity (Wildman–Crippen MR) is 117 cm³/mol. The third kappa shape index (κ3) is 3.35. The molecule has 3 aromatic carbocycles. The van der Waals surface area contributed by atoms with E-state index in [1.54, 1.807) is 48.4 Å². The molecular weight excluding hydrogens is 402 g/mol. The summed E-state index contributed by atoms with van der Waals surface area (Å²) in [6, 6.07) is 19.3. The normalized spacial score (nSPS) is 16.8. The minimum absolute atomic E-state index is 0.0264. The lowest BCUT2D eigenvalue weighted by molar-refractivity contribution is 0.0840. The number of fused-ring (bicyclic) bond motifs is 1. The number of halogens is 1. The number of para-hydroxylation sites is 1. The molecule has 4 rings (SSSR count). The van der Waals surface area contributed by atoms with E-state index in [0.717, 1.165) is 11.3 Å². The number of rotatable bonds is 4. The maximum atomic E-state index is 13.5. The summed E-state index contributed by atoms with van der Waals surface area (Å²) in [4.78, 5) is 15.2. The Morgan fingerprint density at radius 1 is 1.07 bits per heavy atom. The number of carbonyl (C=O) groups is 1. The smallest absolute Gasteiger partial charge is 0.261 e. The molecule has 1 heterocycles. The number of phenolic OH excluding ortho intramolecular Hbond substituents is 1. The number of benzene rings is 3. The summed E-state index contributed by atoms with van der Waals surface area (Å²) in [6.45, 7) is 4.03. The van der Waals surface area contributed by atoms with Crippen LogP contribution < -0.4 is 14.4 Å². The molecule has 30 heavy (non-hydrogen) atoms. The molecule has 1 amide bonds. The molecule has 1 aliphatic heterocycles. The fourth-order valence-corrected chi connectivity index (χ4v) is 3.92. The van der Waals surface area contributed by atoms with Gasteiger partial charge in [0.1, 0.15) is 5.75 Å². The van der Waals surface area contributed by atoms with E-state index in [9.17, 15) is 9.90 Å². The van der Waals surface area contributed by atoms with Crippen molar-refractivity contribution >= 4 is 23.2 Å². The van der Waals surface area contributed by atoms with Gasteiger partial charge in [0.15, 0.2) is 17.7 Å². The van der Waals surface area contributed by atoms with E-state index < -0.39 is 11.6 Å². The average Bonchev–Trinajstić information content (AvgIpc) is 2.96. The second-order valence-corrected chi connectivity index (χ2v) is 8.16. The van der Waals surface area contributed by atoms with Crippen LogP contribution in [0.4, 0.5) is 5.69 Å². The third-order valence-corrected chi connectivity index (χ3v) is 5.68. The fraction of sp³-hybridized carbons (Fsp3) is 0.208. The number of hydrogen-bond acceptors (Lipinski definition) is 4. The van der Waals surface area contributed by atoms with Crippen molar-refractivity contribution in [2.75, 3.05) is 12.0 Å². The molecule has 0 fully saturated rings. The molecule has 0 aliphatic carbocycles. The predicted octanol–water partition coefficient (Wildman–Crippen LogP) is 5.40. The number of phenols is 1. The van der Waals surface area contributed by atoms with Crippen LogP contribution in [0.25, 0.3) is 0 Å². The van der Waals surface area contributed by atoms with E-state index in [0.29, 0.717) is 16.3 Å². The first-order valence-corrected chi connectivity index (χ1v) is 9.93. The molecule has 1 unspecified atom stereocenters. The molecular formula is C24H22ClNO4. The first kappa shape index (κ1) is 20.1. The zero-order chi connectivity index (χ0) is 21.5. The van der Waals surface area contributed by atoms with Crippen molar-refractivity contribution in [1.82, 2.24) is 0 Å². The van der Waals surface area contributed by atoms with Gasteiger partial charge in [-0.2, -0.15) is 0 Å². The number of methoxy groups -OCH3 is 1. The first-order valence-electron chi connectivity index (χ1n) is 9.55. The maximum Gasteiger partial charge on any atom is 0.261 e. The molecule has 5 nitrogen and oxygen atoms in total. The lowest BCUT2D eigenvalue weighted by Gasteiger charge is -2.33. The van der Waals surface area contributed by atoms with E-state index in [4.69, 9.17) is 21.1 Å². The van der Waals surface area contributed by atoms with Crippen LogP contribution in [-0.2, 0) is 5.41 Å². The minimum atomic E-state index is -0.684. The second-order valence-electron chi connectivity index (χ2n) is 7.72. The van der Waals surface area contributed by atoms with Gasteiger partial charge in [-0.1, -0.05) is 43.6 Å². The van der Waals surface area contributed by atoms with E-state index in [1.165, 1.54) is 6.07 Å². The SMILES string of the molecule is COc1ccc(O)c(OC2N(C(=O)c3ccc(Cl)cc3)c3ccccc3C2(C)C)c1. The van der Waals surface area contributed by atoms with Gasteiger partial charge in [0.05, 0.1) is 12.8 Å². The monoisotopic (exact) mass is 423 g/mol. The molecule has 1 atom stereocenters. The highest BCUT2D eigenvalue weighted by Crippen LogP contribution is 2.47. The molecule has 0 bridgehead atoms. The van der Waals surface area contributed by atoms with E-state index >= 15 is 0 Å². The number of hydrogen-bond donors (Lipinski definition) is 1. The molecule has 3 aromatic rings. The first-order chi connectivity index (χ1) is 14.3. The summed E-state index contributed by atoms with van der Waals surface area (Å²) in [6.07, 6.45) is -0.684. The summed E-state index contributed by atoms with van der Waals surface area (Å²) >= 11 is 6.00. The number of nitrogens with zero attached hydrogens (tertiary/aromatic N) is 1. The fourth-order valence-electron chi connectivity index (χ4n) is 3.79. The molecule has 0 saturated heterocycles. The van der Waals surface area contributed by atoms with Gasteiger partial charge in [-0.3, -0.25) is 9.69 Å². The standard InChI is InChI=1S/C24H22ClNO4/c1-24(2)18-6-4-5-7-19(18)26(22(28)15-8-10-16(25)11-9-15)23(24)30-21-14-17(29-3)12-13-20(21)27/h4-14,23,27H,1-3H3. The highest BCUT2D eigenvalue weighted by molar-refractivity contribution is 6.30. The van der Waals surface area contributed by atoms with Crippen LogP contribution in [0.3, 0.4) is 0 Å². The molecule has 0 radical (unpaired) electrons. The van der Waals surface area contributed by atoms with Gasteiger partial charge in [-0.25, -0.2) is 0 Å².